The van der Waals surface area contributed by atoms with Crippen molar-refractivity contribution in [1.29, 1.82) is 0 Å². The van der Waals surface area contributed by atoms with Crippen molar-refractivity contribution in [2.75, 3.05) is 11.5 Å². The van der Waals surface area contributed by atoms with E-state index in [0.29, 0.717) is 17.9 Å². The predicted octanol–water partition coefficient (Wildman–Crippen LogP) is 1.42. The van der Waals surface area contributed by atoms with Gasteiger partial charge in [-0.1, -0.05) is 11.6 Å². The minimum Gasteiger partial charge on any atom is -0.229 e. The molecule has 0 bridgehead atoms. The predicted molar refractivity (Wildman–Crippen MR) is 57.7 cm³/mol. The first kappa shape index (κ1) is 10.8. The molecular weight excluding hydrogens is 236 g/mol. The molecule has 82 valence electrons. The van der Waals surface area contributed by atoms with Gasteiger partial charge in [-0.2, -0.15) is 10.2 Å². The number of aromatic nitrogens is 2. The van der Waals surface area contributed by atoms with Crippen LogP contribution in [0.5, 0.6) is 0 Å². The maximum atomic E-state index is 11.2. The second-order valence-electron chi connectivity index (χ2n) is 3.72. The largest absolute Gasteiger partial charge is 0.229 e. The Labute approximate surface area is 93.6 Å². The molecule has 15 heavy (non-hydrogen) atoms. The molecule has 6 heteroatoms. The lowest BCUT2D eigenvalue weighted by molar-refractivity contribution is 0.541. The lowest BCUT2D eigenvalue weighted by Crippen LogP contribution is -2.22. The second-order valence-corrected chi connectivity index (χ2v) is 6.46. The summed E-state index contributed by atoms with van der Waals surface area (Å²) in [6.07, 6.45) is 2.72. The second kappa shape index (κ2) is 4.06. The van der Waals surface area contributed by atoms with E-state index < -0.39 is 9.84 Å². The van der Waals surface area contributed by atoms with Crippen LogP contribution >= 0.6 is 11.6 Å². The molecule has 2 rings (SSSR count). The van der Waals surface area contributed by atoms with Gasteiger partial charge < -0.3 is 0 Å². The monoisotopic (exact) mass is 246 g/mol. The van der Waals surface area contributed by atoms with E-state index in [4.69, 9.17) is 11.6 Å². The Morgan fingerprint density at radius 1 is 1.33 bits per heavy atom. The van der Waals surface area contributed by atoms with Crippen LogP contribution < -0.4 is 0 Å². The lowest BCUT2D eigenvalue weighted by atomic mass is 9.99. The molecule has 0 aromatic carbocycles. The normalized spacial score (nSPS) is 21.4. The molecule has 0 spiro atoms. The van der Waals surface area contributed by atoms with Crippen LogP contribution in [0.3, 0.4) is 0 Å². The molecule has 0 saturated carbocycles. The third kappa shape index (κ3) is 2.66. The minimum atomic E-state index is -2.81. The molecule has 0 radical (unpaired) electrons. The molecule has 0 amide bonds. The van der Waals surface area contributed by atoms with Gasteiger partial charge in [0.05, 0.1) is 28.4 Å². The van der Waals surface area contributed by atoms with E-state index >= 15 is 0 Å². The fourth-order valence-electron chi connectivity index (χ4n) is 1.74. The summed E-state index contributed by atoms with van der Waals surface area (Å²) in [6.45, 7) is 0. The molecule has 1 saturated heterocycles. The van der Waals surface area contributed by atoms with Crippen molar-refractivity contribution < 1.29 is 8.42 Å². The van der Waals surface area contributed by atoms with Crippen LogP contribution in [0.25, 0.3) is 0 Å². The molecule has 0 atom stereocenters. The van der Waals surface area contributed by atoms with Crippen molar-refractivity contribution in [2.45, 2.75) is 18.8 Å². The zero-order chi connectivity index (χ0) is 10.9. The van der Waals surface area contributed by atoms with Gasteiger partial charge in [-0.15, -0.1) is 0 Å². The maximum Gasteiger partial charge on any atom is 0.150 e. The van der Waals surface area contributed by atoms with Crippen molar-refractivity contribution in [3.8, 4) is 0 Å². The quantitative estimate of drug-likeness (QED) is 0.752. The van der Waals surface area contributed by atoms with Gasteiger partial charge in [-0.05, 0) is 18.9 Å². The molecular formula is C9H11ClN2O2S. The maximum absolute atomic E-state index is 11.2. The summed E-state index contributed by atoms with van der Waals surface area (Å²) >= 11 is 5.80. The standard InChI is InChI=1S/C9H11ClN2O2S/c10-8-5-9(12-11-6-8)7-1-3-15(13,14)4-2-7/h5-7H,1-4H2. The number of hydrogen-bond donors (Lipinski definition) is 0. The molecule has 1 aromatic rings. The van der Waals surface area contributed by atoms with Gasteiger partial charge in [-0.25, -0.2) is 8.42 Å². The molecule has 1 fully saturated rings. The number of hydrogen-bond acceptors (Lipinski definition) is 4. The van der Waals surface area contributed by atoms with E-state index in [-0.39, 0.29) is 17.4 Å². The average Bonchev–Trinajstić information content (AvgIpc) is 2.17. The summed E-state index contributed by atoms with van der Waals surface area (Å²) in [6, 6.07) is 1.76. The summed E-state index contributed by atoms with van der Waals surface area (Å²) < 4.78 is 22.5. The van der Waals surface area contributed by atoms with E-state index in [0.717, 1.165) is 5.69 Å². The highest BCUT2D eigenvalue weighted by atomic mass is 35.5. The van der Waals surface area contributed by atoms with Gasteiger partial charge in [0.2, 0.25) is 0 Å². The van der Waals surface area contributed by atoms with Crippen LogP contribution in [0.4, 0.5) is 0 Å². The molecule has 0 unspecified atom stereocenters. The Kier molecular flexibility index (Phi) is 2.93. The molecule has 1 aliphatic heterocycles. The van der Waals surface area contributed by atoms with E-state index in [2.05, 4.69) is 10.2 Å². The highest BCUT2D eigenvalue weighted by Gasteiger charge is 2.25. The number of halogens is 1. The lowest BCUT2D eigenvalue weighted by Gasteiger charge is -2.20. The van der Waals surface area contributed by atoms with E-state index in [1.54, 1.807) is 6.07 Å². The Morgan fingerprint density at radius 3 is 2.60 bits per heavy atom. The fraction of sp³-hybridized carbons (Fsp3) is 0.556. The van der Waals surface area contributed by atoms with Crippen molar-refractivity contribution in [3.05, 3.63) is 23.0 Å². The molecule has 0 N–H and O–H groups in total. The summed E-state index contributed by atoms with van der Waals surface area (Å²) in [7, 11) is -2.81. The Morgan fingerprint density at radius 2 is 2.00 bits per heavy atom. The Hall–Kier alpha value is -0.680. The number of nitrogens with zero attached hydrogens (tertiary/aromatic N) is 2. The van der Waals surface area contributed by atoms with Gasteiger partial charge in [0.15, 0.2) is 0 Å². The van der Waals surface area contributed by atoms with Gasteiger partial charge in [0, 0.05) is 5.92 Å². The SMILES string of the molecule is O=S1(=O)CCC(c2cc(Cl)cnn2)CC1. The van der Waals surface area contributed by atoms with Gasteiger partial charge >= 0.3 is 0 Å². The summed E-state index contributed by atoms with van der Waals surface area (Å²) in [5.74, 6) is 0.664. The first-order valence-corrected chi connectivity index (χ1v) is 6.95. The van der Waals surface area contributed by atoms with Crippen LogP contribution in [-0.4, -0.2) is 30.1 Å². The Balaban J connectivity index is 2.14. The number of rotatable bonds is 1. The van der Waals surface area contributed by atoms with Crippen LogP contribution in [0.1, 0.15) is 24.5 Å². The molecule has 1 aromatic heterocycles. The van der Waals surface area contributed by atoms with Gasteiger partial charge in [-0.3, -0.25) is 0 Å². The van der Waals surface area contributed by atoms with Crippen molar-refractivity contribution in [1.82, 2.24) is 10.2 Å². The number of sulfone groups is 1. The van der Waals surface area contributed by atoms with E-state index in [1.807, 2.05) is 0 Å². The fourth-order valence-corrected chi connectivity index (χ4v) is 3.39. The minimum absolute atomic E-state index is 0.180. The van der Waals surface area contributed by atoms with Crippen LogP contribution in [0, 0.1) is 0 Å². The first-order chi connectivity index (χ1) is 7.07. The highest BCUT2D eigenvalue weighted by Crippen LogP contribution is 2.28. The third-order valence-corrected chi connectivity index (χ3v) is 4.54. The Bertz CT molecular complexity index is 447. The van der Waals surface area contributed by atoms with Gasteiger partial charge in [0.25, 0.3) is 0 Å². The summed E-state index contributed by atoms with van der Waals surface area (Å²) in [5.41, 5.74) is 0.803. The van der Waals surface area contributed by atoms with E-state index in [1.165, 1.54) is 6.20 Å². The molecule has 0 aliphatic carbocycles. The molecule has 1 aliphatic rings. The average molecular weight is 247 g/mol. The zero-order valence-corrected chi connectivity index (χ0v) is 9.63. The van der Waals surface area contributed by atoms with Crippen molar-refractivity contribution in [2.24, 2.45) is 0 Å². The topological polar surface area (TPSA) is 59.9 Å². The first-order valence-electron chi connectivity index (χ1n) is 4.75. The third-order valence-electron chi connectivity index (χ3n) is 2.61. The zero-order valence-electron chi connectivity index (χ0n) is 8.06. The molecule has 2 heterocycles. The summed E-state index contributed by atoms with van der Waals surface area (Å²) in [5, 5.41) is 8.30. The van der Waals surface area contributed by atoms with E-state index in [9.17, 15) is 8.42 Å². The van der Waals surface area contributed by atoms with Crippen LogP contribution in [0.2, 0.25) is 5.02 Å². The highest BCUT2D eigenvalue weighted by molar-refractivity contribution is 7.91. The van der Waals surface area contributed by atoms with Crippen LogP contribution in [-0.2, 0) is 9.84 Å². The smallest absolute Gasteiger partial charge is 0.150 e. The van der Waals surface area contributed by atoms with Crippen molar-refractivity contribution in [3.63, 3.8) is 0 Å². The molecule has 4 nitrogen and oxygen atoms in total. The summed E-state index contributed by atoms with van der Waals surface area (Å²) in [4.78, 5) is 0. The van der Waals surface area contributed by atoms with Gasteiger partial charge in [0.1, 0.15) is 9.84 Å². The van der Waals surface area contributed by atoms with Crippen LogP contribution in [0.15, 0.2) is 12.3 Å². The van der Waals surface area contributed by atoms with Crippen molar-refractivity contribution >= 4 is 21.4 Å².